The van der Waals surface area contributed by atoms with Crippen LogP contribution in [0.4, 0.5) is 11.4 Å². The van der Waals surface area contributed by atoms with Crippen molar-refractivity contribution in [2.24, 2.45) is 0 Å². The number of fused-ring (bicyclic) bond motifs is 1. The molecule has 0 aliphatic heterocycles. The fraction of sp³-hybridized carbons (Fsp3) is 0.148. The number of anilines is 2. The average molecular weight is 491 g/mol. The van der Waals surface area contributed by atoms with Gasteiger partial charge in [-0.25, -0.2) is 8.42 Å². The number of amides is 1. The summed E-state index contributed by atoms with van der Waals surface area (Å²) in [6, 6.07) is 26.0. The number of ether oxygens (including phenoxy) is 2. The number of benzene rings is 4. The van der Waals surface area contributed by atoms with Crippen molar-refractivity contribution in [3.8, 4) is 11.5 Å². The van der Waals surface area contributed by atoms with Crippen molar-refractivity contribution in [1.29, 1.82) is 0 Å². The summed E-state index contributed by atoms with van der Waals surface area (Å²) in [6.07, 6.45) is -0.275. The van der Waals surface area contributed by atoms with Crippen molar-refractivity contribution in [3.05, 3.63) is 91.0 Å². The zero-order valence-electron chi connectivity index (χ0n) is 19.4. The van der Waals surface area contributed by atoms with Gasteiger partial charge in [0.1, 0.15) is 11.5 Å². The molecule has 180 valence electrons. The Morgan fingerprint density at radius 3 is 2.31 bits per heavy atom. The minimum atomic E-state index is -3.82. The smallest absolute Gasteiger partial charge is 0.265 e. The van der Waals surface area contributed by atoms with Crippen molar-refractivity contribution in [2.45, 2.75) is 24.3 Å². The Balaban J connectivity index is 1.45. The van der Waals surface area contributed by atoms with Crippen LogP contribution in [0.3, 0.4) is 0 Å². The molecule has 2 N–H and O–H groups in total. The summed E-state index contributed by atoms with van der Waals surface area (Å²) in [7, 11) is -2.26. The Labute approximate surface area is 204 Å². The summed E-state index contributed by atoms with van der Waals surface area (Å²) in [5, 5.41) is 4.53. The van der Waals surface area contributed by atoms with E-state index in [1.807, 2.05) is 37.3 Å². The average Bonchev–Trinajstić information content (AvgIpc) is 2.87. The first-order valence-electron chi connectivity index (χ1n) is 11.1. The van der Waals surface area contributed by atoms with E-state index in [1.54, 1.807) is 55.6 Å². The van der Waals surface area contributed by atoms with E-state index in [1.165, 1.54) is 12.1 Å². The maximum Gasteiger partial charge on any atom is 0.265 e. The molecule has 0 aromatic heterocycles. The third kappa shape index (κ3) is 5.73. The Bertz CT molecular complexity index is 1430. The summed E-state index contributed by atoms with van der Waals surface area (Å²) in [6.45, 7) is 1.85. The molecule has 8 heteroatoms. The Morgan fingerprint density at radius 1 is 0.886 bits per heavy atom. The number of rotatable bonds is 9. The largest absolute Gasteiger partial charge is 0.497 e. The highest BCUT2D eigenvalue weighted by molar-refractivity contribution is 7.92. The minimum absolute atomic E-state index is 0.0862. The first kappa shape index (κ1) is 24.1. The summed E-state index contributed by atoms with van der Waals surface area (Å²) in [5.74, 6) is 0.818. The van der Waals surface area contributed by atoms with Crippen molar-refractivity contribution in [3.63, 3.8) is 0 Å². The quantitative estimate of drug-likeness (QED) is 0.326. The van der Waals surface area contributed by atoms with Gasteiger partial charge in [0.05, 0.1) is 17.7 Å². The molecule has 0 bridgehead atoms. The van der Waals surface area contributed by atoms with Gasteiger partial charge in [-0.3, -0.25) is 9.52 Å². The van der Waals surface area contributed by atoms with Crippen molar-refractivity contribution in [1.82, 2.24) is 0 Å². The molecule has 0 heterocycles. The normalized spacial score (nSPS) is 12.1. The first-order valence-corrected chi connectivity index (χ1v) is 12.6. The first-order chi connectivity index (χ1) is 16.9. The van der Waals surface area contributed by atoms with Crippen LogP contribution >= 0.6 is 0 Å². The summed E-state index contributed by atoms with van der Waals surface area (Å²) in [4.78, 5) is 12.8. The van der Waals surface area contributed by atoms with Gasteiger partial charge in [-0.1, -0.05) is 49.4 Å². The molecule has 4 aromatic carbocycles. The molecule has 0 aliphatic rings. The third-order valence-corrected chi connectivity index (χ3v) is 6.83. The van der Waals surface area contributed by atoms with Gasteiger partial charge in [0.15, 0.2) is 6.10 Å². The van der Waals surface area contributed by atoms with E-state index >= 15 is 0 Å². The predicted octanol–water partition coefficient (Wildman–Crippen LogP) is 5.45. The molecule has 1 amide bonds. The van der Waals surface area contributed by atoms with Gasteiger partial charge in [0.25, 0.3) is 15.9 Å². The molecular formula is C27H26N2O5S. The highest BCUT2D eigenvalue weighted by atomic mass is 32.2. The Kier molecular flexibility index (Phi) is 7.22. The monoisotopic (exact) mass is 490 g/mol. The number of methoxy groups -OCH3 is 1. The molecule has 7 nitrogen and oxygen atoms in total. The van der Waals surface area contributed by atoms with Gasteiger partial charge in [-0.05, 0) is 54.3 Å². The van der Waals surface area contributed by atoms with Crippen molar-refractivity contribution < 1.29 is 22.7 Å². The van der Waals surface area contributed by atoms with E-state index in [4.69, 9.17) is 9.47 Å². The van der Waals surface area contributed by atoms with Gasteiger partial charge in [0.2, 0.25) is 0 Å². The van der Waals surface area contributed by atoms with Gasteiger partial charge in [0, 0.05) is 17.1 Å². The molecule has 0 saturated carbocycles. The SMILES string of the molecule is CC[C@H](Oc1cccc(OC)c1)C(=O)Nc1ccc(S(=O)(=O)Nc2cccc3ccccc23)cc1. The second-order valence-corrected chi connectivity index (χ2v) is 9.52. The zero-order chi connectivity index (χ0) is 24.8. The molecule has 0 spiro atoms. The number of hydrogen-bond acceptors (Lipinski definition) is 5. The van der Waals surface area contributed by atoms with Crippen LogP contribution in [0.1, 0.15) is 13.3 Å². The molecule has 4 aromatic rings. The van der Waals surface area contributed by atoms with Crippen LogP contribution in [-0.4, -0.2) is 27.5 Å². The predicted molar refractivity (Wildman–Crippen MR) is 138 cm³/mol. The van der Waals surface area contributed by atoms with Crippen LogP contribution in [0.5, 0.6) is 11.5 Å². The number of carbonyl (C=O) groups is 1. The molecular weight excluding hydrogens is 464 g/mol. The molecule has 0 radical (unpaired) electrons. The standard InChI is InChI=1S/C27H26N2O5S/c1-3-26(34-22-11-7-10-21(18-22)33-2)27(30)28-20-14-16-23(17-15-20)35(31,32)29-25-13-6-9-19-8-4-5-12-24(19)25/h4-18,26,29H,3H2,1-2H3,(H,28,30)/t26-/m0/s1. The van der Waals surface area contributed by atoms with Crippen LogP contribution in [-0.2, 0) is 14.8 Å². The lowest BCUT2D eigenvalue weighted by Gasteiger charge is -2.18. The highest BCUT2D eigenvalue weighted by Crippen LogP contribution is 2.26. The summed E-state index contributed by atoms with van der Waals surface area (Å²) in [5.41, 5.74) is 0.966. The number of carbonyl (C=O) groups excluding carboxylic acids is 1. The number of sulfonamides is 1. The molecule has 0 unspecified atom stereocenters. The van der Waals surface area contributed by atoms with Crippen molar-refractivity contribution >= 4 is 38.1 Å². The Hall–Kier alpha value is -4.04. The van der Waals surface area contributed by atoms with Crippen LogP contribution < -0.4 is 19.5 Å². The second kappa shape index (κ2) is 10.5. The minimum Gasteiger partial charge on any atom is -0.497 e. The van der Waals surface area contributed by atoms with E-state index in [-0.39, 0.29) is 10.8 Å². The molecule has 35 heavy (non-hydrogen) atoms. The van der Waals surface area contributed by atoms with Gasteiger partial charge in [-0.15, -0.1) is 0 Å². The van der Waals surface area contributed by atoms with Gasteiger partial charge < -0.3 is 14.8 Å². The maximum atomic E-state index is 13.0. The lowest BCUT2D eigenvalue weighted by molar-refractivity contribution is -0.122. The van der Waals surface area contributed by atoms with Crippen LogP contribution in [0.2, 0.25) is 0 Å². The lowest BCUT2D eigenvalue weighted by atomic mass is 10.1. The molecule has 1 atom stereocenters. The molecule has 0 fully saturated rings. The fourth-order valence-electron chi connectivity index (χ4n) is 3.62. The second-order valence-electron chi connectivity index (χ2n) is 7.84. The third-order valence-electron chi connectivity index (χ3n) is 5.45. The summed E-state index contributed by atoms with van der Waals surface area (Å²) < 4.78 is 39.6. The van der Waals surface area contributed by atoms with Crippen molar-refractivity contribution in [2.75, 3.05) is 17.1 Å². The molecule has 0 aliphatic carbocycles. The maximum absolute atomic E-state index is 13.0. The van der Waals surface area contributed by atoms with E-state index < -0.39 is 16.1 Å². The van der Waals surface area contributed by atoms with E-state index in [0.717, 1.165) is 10.8 Å². The highest BCUT2D eigenvalue weighted by Gasteiger charge is 2.20. The number of hydrogen-bond donors (Lipinski definition) is 2. The van der Waals surface area contributed by atoms with E-state index in [9.17, 15) is 13.2 Å². The van der Waals surface area contributed by atoms with E-state index in [0.29, 0.717) is 29.3 Å². The summed E-state index contributed by atoms with van der Waals surface area (Å²) >= 11 is 0. The van der Waals surface area contributed by atoms with Crippen LogP contribution in [0, 0.1) is 0 Å². The van der Waals surface area contributed by atoms with E-state index in [2.05, 4.69) is 10.0 Å². The molecule has 4 rings (SSSR count). The van der Waals surface area contributed by atoms with Crippen LogP contribution in [0.25, 0.3) is 10.8 Å². The fourth-order valence-corrected chi connectivity index (χ4v) is 4.70. The van der Waals surface area contributed by atoms with Gasteiger partial charge >= 0.3 is 0 Å². The van der Waals surface area contributed by atoms with Gasteiger partial charge in [-0.2, -0.15) is 0 Å². The number of nitrogens with one attached hydrogen (secondary N) is 2. The lowest BCUT2D eigenvalue weighted by Crippen LogP contribution is -2.32. The zero-order valence-corrected chi connectivity index (χ0v) is 20.2. The van der Waals surface area contributed by atoms with Crippen LogP contribution in [0.15, 0.2) is 95.9 Å². The Morgan fingerprint density at radius 2 is 1.57 bits per heavy atom. The molecule has 0 saturated heterocycles. The topological polar surface area (TPSA) is 93.7 Å².